The zero-order valence-corrected chi connectivity index (χ0v) is 14.9. The fourth-order valence-electron chi connectivity index (χ4n) is 2.43. The Hall–Kier alpha value is -2.12. The molecule has 2 aromatic rings. The Morgan fingerprint density at radius 3 is 2.58 bits per heavy atom. The molecule has 0 aliphatic heterocycles. The predicted octanol–water partition coefficient (Wildman–Crippen LogP) is 2.22. The van der Waals surface area contributed by atoms with E-state index in [-0.39, 0.29) is 23.9 Å². The van der Waals surface area contributed by atoms with Gasteiger partial charge in [-0.15, -0.1) is 0 Å². The summed E-state index contributed by atoms with van der Waals surface area (Å²) in [5.74, 6) is 0.513. The highest BCUT2D eigenvalue weighted by Gasteiger charge is 2.17. The summed E-state index contributed by atoms with van der Waals surface area (Å²) in [5.41, 5.74) is 1.70. The SMILES string of the molecule is CC(=O)N(CCNS(=O)(=O)c1ccc(C)cc1C)Cc1ccco1. The van der Waals surface area contributed by atoms with Crippen LogP contribution in [-0.2, 0) is 21.4 Å². The molecule has 1 heterocycles. The molecule has 24 heavy (non-hydrogen) atoms. The number of nitrogens with zero attached hydrogens (tertiary/aromatic N) is 1. The molecule has 0 saturated heterocycles. The number of furan rings is 1. The molecule has 0 atom stereocenters. The summed E-state index contributed by atoms with van der Waals surface area (Å²) in [4.78, 5) is 13.5. The zero-order chi connectivity index (χ0) is 17.7. The van der Waals surface area contributed by atoms with Crippen molar-refractivity contribution < 1.29 is 17.6 Å². The lowest BCUT2D eigenvalue weighted by Gasteiger charge is -2.20. The summed E-state index contributed by atoms with van der Waals surface area (Å²) in [6.45, 7) is 5.84. The normalized spacial score (nSPS) is 11.5. The molecule has 0 spiro atoms. The molecule has 0 aliphatic carbocycles. The van der Waals surface area contributed by atoms with Crippen molar-refractivity contribution in [2.45, 2.75) is 32.2 Å². The van der Waals surface area contributed by atoms with Gasteiger partial charge in [-0.3, -0.25) is 4.79 Å². The van der Waals surface area contributed by atoms with E-state index >= 15 is 0 Å². The molecule has 1 N–H and O–H groups in total. The molecule has 1 amide bonds. The minimum atomic E-state index is -3.60. The Kier molecular flexibility index (Phi) is 5.80. The van der Waals surface area contributed by atoms with Gasteiger partial charge in [0, 0.05) is 20.0 Å². The van der Waals surface area contributed by atoms with Gasteiger partial charge in [0.25, 0.3) is 0 Å². The minimum absolute atomic E-state index is 0.135. The summed E-state index contributed by atoms with van der Waals surface area (Å²) in [6, 6.07) is 8.71. The first-order chi connectivity index (χ1) is 11.3. The smallest absolute Gasteiger partial charge is 0.240 e. The molecule has 0 bridgehead atoms. The highest BCUT2D eigenvalue weighted by molar-refractivity contribution is 7.89. The number of amides is 1. The predicted molar refractivity (Wildman–Crippen MR) is 90.9 cm³/mol. The van der Waals surface area contributed by atoms with Crippen LogP contribution in [0.4, 0.5) is 0 Å². The third kappa shape index (κ3) is 4.69. The topological polar surface area (TPSA) is 79.6 Å². The van der Waals surface area contributed by atoms with E-state index in [1.165, 1.54) is 18.1 Å². The monoisotopic (exact) mass is 350 g/mol. The van der Waals surface area contributed by atoms with Crippen LogP contribution in [0.25, 0.3) is 0 Å². The van der Waals surface area contributed by atoms with E-state index in [2.05, 4.69) is 4.72 Å². The first-order valence-corrected chi connectivity index (χ1v) is 9.13. The quantitative estimate of drug-likeness (QED) is 0.830. The molecule has 2 rings (SSSR count). The van der Waals surface area contributed by atoms with Crippen LogP contribution >= 0.6 is 0 Å². The van der Waals surface area contributed by atoms with Crippen LogP contribution in [0.5, 0.6) is 0 Å². The van der Waals surface area contributed by atoms with Crippen molar-refractivity contribution in [3.63, 3.8) is 0 Å². The number of carbonyl (C=O) groups is 1. The van der Waals surface area contributed by atoms with Crippen molar-refractivity contribution in [1.29, 1.82) is 0 Å². The molecule has 0 radical (unpaired) electrons. The van der Waals surface area contributed by atoms with Crippen LogP contribution in [0.1, 0.15) is 23.8 Å². The Labute approximate surface area is 142 Å². The molecular formula is C17H22N2O4S. The maximum Gasteiger partial charge on any atom is 0.240 e. The van der Waals surface area contributed by atoms with Crippen molar-refractivity contribution in [3.05, 3.63) is 53.5 Å². The Balaban J connectivity index is 1.99. The van der Waals surface area contributed by atoms with Gasteiger partial charge < -0.3 is 9.32 Å². The molecular weight excluding hydrogens is 328 g/mol. The van der Waals surface area contributed by atoms with Crippen LogP contribution in [0.2, 0.25) is 0 Å². The standard InChI is InChI=1S/C17H22N2O4S/c1-13-6-7-17(14(2)11-13)24(21,22)18-8-9-19(15(3)20)12-16-5-4-10-23-16/h4-7,10-11,18H,8-9,12H2,1-3H3. The van der Waals surface area contributed by atoms with Gasteiger partial charge in [0.1, 0.15) is 5.76 Å². The lowest BCUT2D eigenvalue weighted by atomic mass is 10.2. The fraction of sp³-hybridized carbons (Fsp3) is 0.353. The van der Waals surface area contributed by atoms with Gasteiger partial charge in [0.2, 0.25) is 15.9 Å². The van der Waals surface area contributed by atoms with Gasteiger partial charge in [-0.25, -0.2) is 13.1 Å². The van der Waals surface area contributed by atoms with Gasteiger partial charge in [-0.05, 0) is 37.6 Å². The molecule has 0 unspecified atom stereocenters. The third-order valence-corrected chi connectivity index (χ3v) is 5.29. The third-order valence-electron chi connectivity index (χ3n) is 3.67. The number of carbonyl (C=O) groups excluding carboxylic acids is 1. The molecule has 0 saturated carbocycles. The van der Waals surface area contributed by atoms with Crippen LogP contribution in [0, 0.1) is 13.8 Å². The molecule has 1 aromatic heterocycles. The van der Waals surface area contributed by atoms with E-state index in [1.807, 2.05) is 13.0 Å². The zero-order valence-electron chi connectivity index (χ0n) is 14.1. The first-order valence-electron chi connectivity index (χ1n) is 7.64. The lowest BCUT2D eigenvalue weighted by Crippen LogP contribution is -2.37. The van der Waals surface area contributed by atoms with Gasteiger partial charge in [0.15, 0.2) is 0 Å². The van der Waals surface area contributed by atoms with E-state index in [1.54, 1.807) is 31.2 Å². The summed E-state index contributed by atoms with van der Waals surface area (Å²) in [6.07, 6.45) is 1.54. The van der Waals surface area contributed by atoms with E-state index < -0.39 is 10.0 Å². The number of aryl methyl sites for hydroxylation is 2. The second-order valence-electron chi connectivity index (χ2n) is 5.69. The number of hydrogen-bond donors (Lipinski definition) is 1. The first kappa shape index (κ1) is 18.2. The molecule has 6 nitrogen and oxygen atoms in total. The van der Waals surface area contributed by atoms with Gasteiger partial charge in [-0.1, -0.05) is 17.7 Å². The highest BCUT2D eigenvalue weighted by Crippen LogP contribution is 2.16. The number of sulfonamides is 1. The van der Waals surface area contributed by atoms with Crippen LogP contribution in [0.15, 0.2) is 45.9 Å². The summed E-state index contributed by atoms with van der Waals surface area (Å²) in [7, 11) is -3.60. The van der Waals surface area contributed by atoms with Crippen LogP contribution in [0.3, 0.4) is 0 Å². The minimum Gasteiger partial charge on any atom is -0.467 e. The van der Waals surface area contributed by atoms with E-state index in [0.717, 1.165) is 5.56 Å². The van der Waals surface area contributed by atoms with Crippen molar-refractivity contribution in [3.8, 4) is 0 Å². The van der Waals surface area contributed by atoms with Crippen LogP contribution < -0.4 is 4.72 Å². The van der Waals surface area contributed by atoms with Gasteiger partial charge in [0.05, 0.1) is 17.7 Å². The second kappa shape index (κ2) is 7.63. The number of benzene rings is 1. The number of nitrogens with one attached hydrogen (secondary N) is 1. The van der Waals surface area contributed by atoms with Crippen LogP contribution in [-0.4, -0.2) is 32.3 Å². The Bertz CT molecular complexity index is 798. The molecule has 0 fully saturated rings. The number of rotatable bonds is 7. The lowest BCUT2D eigenvalue weighted by molar-refractivity contribution is -0.129. The van der Waals surface area contributed by atoms with Crippen molar-refractivity contribution in [2.24, 2.45) is 0 Å². The molecule has 130 valence electrons. The average Bonchev–Trinajstić information content (AvgIpc) is 2.98. The molecule has 1 aromatic carbocycles. The Morgan fingerprint density at radius 1 is 1.25 bits per heavy atom. The molecule has 7 heteroatoms. The van der Waals surface area contributed by atoms with E-state index in [9.17, 15) is 13.2 Å². The second-order valence-corrected chi connectivity index (χ2v) is 7.42. The summed E-state index contributed by atoms with van der Waals surface area (Å²) in [5, 5.41) is 0. The number of hydrogen-bond acceptors (Lipinski definition) is 4. The highest BCUT2D eigenvalue weighted by atomic mass is 32.2. The maximum absolute atomic E-state index is 12.4. The Morgan fingerprint density at radius 2 is 2.00 bits per heavy atom. The largest absolute Gasteiger partial charge is 0.467 e. The van der Waals surface area contributed by atoms with E-state index in [0.29, 0.717) is 17.9 Å². The average molecular weight is 350 g/mol. The maximum atomic E-state index is 12.4. The van der Waals surface area contributed by atoms with Gasteiger partial charge >= 0.3 is 0 Å². The summed E-state index contributed by atoms with van der Waals surface area (Å²) >= 11 is 0. The van der Waals surface area contributed by atoms with Crippen molar-refractivity contribution >= 4 is 15.9 Å². The molecule has 0 aliphatic rings. The van der Waals surface area contributed by atoms with Crippen molar-refractivity contribution in [1.82, 2.24) is 9.62 Å². The van der Waals surface area contributed by atoms with Gasteiger partial charge in [-0.2, -0.15) is 0 Å². The fourth-order valence-corrected chi connectivity index (χ4v) is 3.68. The van der Waals surface area contributed by atoms with Crippen molar-refractivity contribution in [2.75, 3.05) is 13.1 Å². The summed E-state index contributed by atoms with van der Waals surface area (Å²) < 4.78 is 32.6. The van der Waals surface area contributed by atoms with E-state index in [4.69, 9.17) is 4.42 Å².